The summed E-state index contributed by atoms with van der Waals surface area (Å²) in [5.41, 5.74) is 2.88. The summed E-state index contributed by atoms with van der Waals surface area (Å²) in [6.45, 7) is 9.00. The highest BCUT2D eigenvalue weighted by molar-refractivity contribution is 5.95. The van der Waals surface area contributed by atoms with Crippen LogP contribution >= 0.6 is 0 Å². The first-order valence-corrected chi connectivity index (χ1v) is 8.91. The molecule has 0 saturated carbocycles. The first-order valence-electron chi connectivity index (χ1n) is 8.91. The van der Waals surface area contributed by atoms with Gasteiger partial charge >= 0.3 is 5.97 Å². The summed E-state index contributed by atoms with van der Waals surface area (Å²) in [7, 11) is 1.38. The molecule has 0 radical (unpaired) electrons. The minimum atomic E-state index is -0.360. The largest absolute Gasteiger partial charge is 0.465 e. The third-order valence-corrected chi connectivity index (χ3v) is 4.95. The summed E-state index contributed by atoms with van der Waals surface area (Å²) in [6, 6.07) is 7.25. The van der Waals surface area contributed by atoms with Crippen molar-refractivity contribution in [2.45, 2.75) is 40.5 Å². The molecule has 0 amide bonds. The number of allylic oxidation sites excluding steroid dienone is 4. The van der Waals surface area contributed by atoms with E-state index in [1.165, 1.54) is 25.5 Å². The molecule has 0 fully saturated rings. The lowest BCUT2D eigenvalue weighted by atomic mass is 9.68. The number of hydrogen-bond acceptors (Lipinski definition) is 3. The first kappa shape index (κ1) is 19.2. The summed E-state index contributed by atoms with van der Waals surface area (Å²) in [5, 5.41) is 0. The maximum atomic E-state index is 11.8. The number of methoxy groups -OCH3 is 1. The molecule has 0 N–H and O–H groups in total. The summed E-state index contributed by atoms with van der Waals surface area (Å²) in [5.74, 6) is 0.302. The molecule has 2 atom stereocenters. The van der Waals surface area contributed by atoms with Crippen molar-refractivity contribution in [3.05, 3.63) is 53.6 Å². The highest BCUT2D eigenvalue weighted by Gasteiger charge is 2.30. The zero-order valence-electron chi connectivity index (χ0n) is 16.0. The van der Waals surface area contributed by atoms with Crippen LogP contribution in [0.5, 0.6) is 0 Å². The Kier molecular flexibility index (Phi) is 6.35. The number of para-hydroxylation sites is 1. The van der Waals surface area contributed by atoms with Crippen LogP contribution < -0.4 is 0 Å². The standard InChI is InChI=1S/C22H29NO2/c1-16(12-13-19-17(2)9-8-14-22(19,3)4)15-23-20-11-7-6-10-18(20)21(24)25-5/h6-7,9-13,15-16,19H,8,14H2,1-5H3/b13-12+,23-15?. The van der Waals surface area contributed by atoms with Gasteiger partial charge in [-0.2, -0.15) is 0 Å². The van der Waals surface area contributed by atoms with E-state index in [0.717, 1.165) is 0 Å². The molecule has 3 heteroatoms. The van der Waals surface area contributed by atoms with E-state index < -0.39 is 0 Å². The van der Waals surface area contributed by atoms with E-state index in [1.54, 1.807) is 6.07 Å². The van der Waals surface area contributed by atoms with Crippen molar-refractivity contribution in [3.63, 3.8) is 0 Å². The summed E-state index contributed by atoms with van der Waals surface area (Å²) in [6.07, 6.45) is 11.1. The average Bonchev–Trinajstić information content (AvgIpc) is 2.58. The molecule has 134 valence electrons. The second kappa shape index (κ2) is 8.28. The van der Waals surface area contributed by atoms with Gasteiger partial charge in [0, 0.05) is 18.1 Å². The monoisotopic (exact) mass is 339 g/mol. The Hall–Kier alpha value is -2.16. The van der Waals surface area contributed by atoms with Crippen LogP contribution in [0.1, 0.15) is 50.9 Å². The van der Waals surface area contributed by atoms with Gasteiger partial charge in [0.25, 0.3) is 0 Å². The lowest BCUT2D eigenvalue weighted by Crippen LogP contribution is -2.26. The van der Waals surface area contributed by atoms with Gasteiger partial charge in [0.15, 0.2) is 0 Å². The number of nitrogens with zero attached hydrogens (tertiary/aromatic N) is 1. The van der Waals surface area contributed by atoms with Crippen molar-refractivity contribution in [2.24, 2.45) is 22.2 Å². The Bertz CT molecular complexity index is 698. The van der Waals surface area contributed by atoms with E-state index >= 15 is 0 Å². The molecule has 2 rings (SSSR count). The van der Waals surface area contributed by atoms with E-state index in [0.29, 0.717) is 22.6 Å². The summed E-state index contributed by atoms with van der Waals surface area (Å²) in [4.78, 5) is 16.3. The Morgan fingerprint density at radius 2 is 2.08 bits per heavy atom. The lowest BCUT2D eigenvalue weighted by molar-refractivity contribution is 0.0601. The maximum absolute atomic E-state index is 11.8. The molecular weight excluding hydrogens is 310 g/mol. The number of rotatable bonds is 5. The molecule has 1 aromatic rings. The third-order valence-electron chi connectivity index (χ3n) is 4.95. The van der Waals surface area contributed by atoms with Crippen LogP contribution in [0.2, 0.25) is 0 Å². The molecule has 0 bridgehead atoms. The van der Waals surface area contributed by atoms with E-state index in [1.807, 2.05) is 24.4 Å². The minimum Gasteiger partial charge on any atom is -0.465 e. The minimum absolute atomic E-state index is 0.191. The van der Waals surface area contributed by atoms with E-state index in [9.17, 15) is 4.79 Å². The zero-order valence-corrected chi connectivity index (χ0v) is 16.0. The molecule has 1 aromatic carbocycles. The van der Waals surface area contributed by atoms with Crippen molar-refractivity contribution >= 4 is 17.9 Å². The normalized spacial score (nSPS) is 21.3. The Labute approximate surface area is 151 Å². The van der Waals surface area contributed by atoms with E-state index in [4.69, 9.17) is 4.74 Å². The molecule has 0 spiro atoms. The molecule has 0 aliphatic heterocycles. The molecule has 0 heterocycles. The topological polar surface area (TPSA) is 38.7 Å². The highest BCUT2D eigenvalue weighted by Crippen LogP contribution is 2.41. The number of ether oxygens (including phenoxy) is 1. The van der Waals surface area contributed by atoms with Crippen LogP contribution in [0, 0.1) is 17.3 Å². The van der Waals surface area contributed by atoms with Gasteiger partial charge in [0.1, 0.15) is 0 Å². The predicted octanol–water partition coefficient (Wildman–Crippen LogP) is 5.75. The second-order valence-electron chi connectivity index (χ2n) is 7.48. The summed E-state index contributed by atoms with van der Waals surface area (Å²) >= 11 is 0. The summed E-state index contributed by atoms with van der Waals surface area (Å²) < 4.78 is 4.81. The zero-order chi connectivity index (χ0) is 18.4. The number of esters is 1. The maximum Gasteiger partial charge on any atom is 0.340 e. The molecule has 0 aromatic heterocycles. The number of hydrogen-bond donors (Lipinski definition) is 0. The van der Waals surface area contributed by atoms with Gasteiger partial charge in [-0.3, -0.25) is 4.99 Å². The molecule has 1 aliphatic carbocycles. The van der Waals surface area contributed by atoms with E-state index in [2.05, 4.69) is 50.9 Å². The van der Waals surface area contributed by atoms with Crippen molar-refractivity contribution in [2.75, 3.05) is 7.11 Å². The van der Waals surface area contributed by atoms with Crippen LogP contribution in [0.15, 0.2) is 53.1 Å². The van der Waals surface area contributed by atoms with Gasteiger partial charge in [-0.1, -0.05) is 56.7 Å². The smallest absolute Gasteiger partial charge is 0.340 e. The van der Waals surface area contributed by atoms with Gasteiger partial charge in [0.2, 0.25) is 0 Å². The fourth-order valence-electron chi connectivity index (χ4n) is 3.39. The van der Waals surface area contributed by atoms with Crippen LogP contribution in [-0.4, -0.2) is 19.3 Å². The first-order chi connectivity index (χ1) is 11.8. The number of carbonyl (C=O) groups excluding carboxylic acids is 1. The average molecular weight is 339 g/mol. The molecule has 1 aliphatic rings. The lowest BCUT2D eigenvalue weighted by Gasteiger charge is -2.36. The molecule has 0 saturated heterocycles. The SMILES string of the molecule is COC(=O)c1ccccc1N=CC(C)/C=C/C1C(C)=CCCC1(C)C. The Morgan fingerprint density at radius 1 is 1.36 bits per heavy atom. The van der Waals surface area contributed by atoms with Gasteiger partial charge in [-0.05, 0) is 37.3 Å². The van der Waals surface area contributed by atoms with Gasteiger partial charge in [-0.15, -0.1) is 0 Å². The molecule has 25 heavy (non-hydrogen) atoms. The van der Waals surface area contributed by atoms with Crippen molar-refractivity contribution in [1.29, 1.82) is 0 Å². The number of carbonyl (C=O) groups is 1. The van der Waals surface area contributed by atoms with Gasteiger partial charge < -0.3 is 4.74 Å². The number of benzene rings is 1. The third kappa shape index (κ3) is 4.91. The highest BCUT2D eigenvalue weighted by atomic mass is 16.5. The van der Waals surface area contributed by atoms with Crippen LogP contribution in [-0.2, 0) is 4.74 Å². The molecular formula is C22H29NO2. The van der Waals surface area contributed by atoms with Crippen molar-refractivity contribution in [1.82, 2.24) is 0 Å². The van der Waals surface area contributed by atoms with Crippen molar-refractivity contribution in [3.8, 4) is 0 Å². The number of aliphatic imine (C=N–C) groups is 1. The van der Waals surface area contributed by atoms with Gasteiger partial charge in [0.05, 0.1) is 18.4 Å². The Balaban J connectivity index is 2.11. The molecule has 3 nitrogen and oxygen atoms in total. The van der Waals surface area contributed by atoms with Crippen LogP contribution in [0.4, 0.5) is 5.69 Å². The predicted molar refractivity (Wildman–Crippen MR) is 104 cm³/mol. The van der Waals surface area contributed by atoms with Crippen LogP contribution in [0.3, 0.4) is 0 Å². The quantitative estimate of drug-likeness (QED) is 0.389. The Morgan fingerprint density at radius 3 is 2.76 bits per heavy atom. The fourth-order valence-corrected chi connectivity index (χ4v) is 3.39. The second-order valence-corrected chi connectivity index (χ2v) is 7.48. The van der Waals surface area contributed by atoms with Gasteiger partial charge in [-0.25, -0.2) is 4.79 Å². The van der Waals surface area contributed by atoms with E-state index in [-0.39, 0.29) is 11.9 Å². The van der Waals surface area contributed by atoms with Crippen molar-refractivity contribution < 1.29 is 9.53 Å². The van der Waals surface area contributed by atoms with Crippen LogP contribution in [0.25, 0.3) is 0 Å². The fraction of sp³-hybridized carbons (Fsp3) is 0.455. The molecule has 2 unspecified atom stereocenters.